The number of carbonyl (C=O) groups is 2. The van der Waals surface area contributed by atoms with E-state index in [1.165, 1.54) is 0 Å². The maximum absolute atomic E-state index is 13.2. The van der Waals surface area contributed by atoms with Crippen molar-refractivity contribution < 1.29 is 19.4 Å². The predicted molar refractivity (Wildman–Crippen MR) is 149 cm³/mol. The van der Waals surface area contributed by atoms with Gasteiger partial charge in [-0.2, -0.15) is 11.8 Å². The quantitative estimate of drug-likeness (QED) is 0.252. The molecule has 0 radical (unpaired) electrons. The number of thioether (sulfide) groups is 1. The van der Waals surface area contributed by atoms with E-state index in [1.807, 2.05) is 73.8 Å². The normalized spacial score (nSPS) is 12.7. The van der Waals surface area contributed by atoms with E-state index < -0.39 is 24.1 Å². The number of ether oxygens (including phenoxy) is 1. The highest BCUT2D eigenvalue weighted by molar-refractivity contribution is 9.10. The van der Waals surface area contributed by atoms with Gasteiger partial charge in [-0.15, -0.1) is 0 Å². The highest BCUT2D eigenvalue weighted by Crippen LogP contribution is 2.29. The van der Waals surface area contributed by atoms with Crippen molar-refractivity contribution in [2.45, 2.75) is 38.6 Å². The molecule has 0 aliphatic rings. The summed E-state index contributed by atoms with van der Waals surface area (Å²) in [5.41, 5.74) is 11.2. The van der Waals surface area contributed by atoms with Gasteiger partial charge in [-0.3, -0.25) is 4.79 Å². The highest BCUT2D eigenvalue weighted by atomic mass is 79.9. The minimum atomic E-state index is -1.04. The summed E-state index contributed by atoms with van der Waals surface area (Å²) < 4.78 is 6.90. The maximum Gasteiger partial charge on any atom is 0.326 e. The number of carboxylic acid groups (broad SMARTS) is 1. The predicted octanol–water partition coefficient (Wildman–Crippen LogP) is 5.40. The summed E-state index contributed by atoms with van der Waals surface area (Å²) in [5, 5.41) is 12.2. The molecule has 3 aromatic carbocycles. The Morgan fingerprint density at radius 2 is 1.83 bits per heavy atom. The number of halogens is 1. The van der Waals surface area contributed by atoms with Gasteiger partial charge in [-0.25, -0.2) is 4.79 Å². The van der Waals surface area contributed by atoms with E-state index in [9.17, 15) is 14.7 Å². The second kappa shape index (κ2) is 13.6. The molecule has 0 bridgehead atoms. The number of carbonyl (C=O) groups excluding carboxylic acids is 1. The summed E-state index contributed by atoms with van der Waals surface area (Å²) >= 11 is 5.01. The number of aliphatic carboxylic acids is 1. The van der Waals surface area contributed by atoms with Gasteiger partial charge in [0.2, 0.25) is 0 Å². The third kappa shape index (κ3) is 7.93. The molecule has 36 heavy (non-hydrogen) atoms. The van der Waals surface area contributed by atoms with Crippen LogP contribution in [0.4, 0.5) is 0 Å². The number of nitrogens with two attached hydrogens (primary N) is 1. The lowest BCUT2D eigenvalue weighted by atomic mass is 9.93. The molecule has 2 unspecified atom stereocenters. The van der Waals surface area contributed by atoms with Gasteiger partial charge in [0.05, 0.1) is 6.61 Å². The summed E-state index contributed by atoms with van der Waals surface area (Å²) in [6.07, 6.45) is 2.33. The van der Waals surface area contributed by atoms with Gasteiger partial charge in [-0.1, -0.05) is 58.4 Å². The molecule has 0 spiro atoms. The first-order valence-electron chi connectivity index (χ1n) is 11.6. The Labute approximate surface area is 224 Å². The van der Waals surface area contributed by atoms with Crippen LogP contribution in [0.5, 0.6) is 0 Å². The van der Waals surface area contributed by atoms with Gasteiger partial charge < -0.3 is 20.9 Å². The Morgan fingerprint density at radius 3 is 2.53 bits per heavy atom. The molecule has 190 valence electrons. The van der Waals surface area contributed by atoms with Gasteiger partial charge in [0.15, 0.2) is 0 Å². The van der Waals surface area contributed by atoms with Crippen LogP contribution in [0.3, 0.4) is 0 Å². The van der Waals surface area contributed by atoms with Crippen LogP contribution >= 0.6 is 27.7 Å². The second-order valence-electron chi connectivity index (χ2n) is 8.52. The van der Waals surface area contributed by atoms with Crippen molar-refractivity contribution >= 4 is 39.6 Å². The van der Waals surface area contributed by atoms with Crippen molar-refractivity contribution in [3.05, 3.63) is 93.5 Å². The molecule has 3 aromatic rings. The molecule has 0 aromatic heterocycles. The van der Waals surface area contributed by atoms with Crippen LogP contribution in [0.2, 0.25) is 0 Å². The average Bonchev–Trinajstić information content (AvgIpc) is 2.85. The molecule has 0 saturated heterocycles. The summed E-state index contributed by atoms with van der Waals surface area (Å²) in [6.45, 7) is 2.26. The Kier molecular flexibility index (Phi) is 10.6. The van der Waals surface area contributed by atoms with Crippen LogP contribution in [-0.4, -0.2) is 41.3 Å². The van der Waals surface area contributed by atoms with Crippen molar-refractivity contribution in [1.82, 2.24) is 5.32 Å². The van der Waals surface area contributed by atoms with Crippen LogP contribution in [0.25, 0.3) is 11.1 Å². The van der Waals surface area contributed by atoms with E-state index in [0.717, 1.165) is 32.3 Å². The van der Waals surface area contributed by atoms with Gasteiger partial charge in [0.25, 0.3) is 5.91 Å². The van der Waals surface area contributed by atoms with Crippen LogP contribution in [0, 0.1) is 6.92 Å². The zero-order valence-corrected chi connectivity index (χ0v) is 22.8. The SMILES string of the molecule is CSCCC(NC(=O)c1ccc(COC(N)Cc2cccc(Br)c2)cc1-c1ccccc1C)C(=O)O. The Morgan fingerprint density at radius 1 is 1.06 bits per heavy atom. The van der Waals surface area contributed by atoms with E-state index in [4.69, 9.17) is 10.5 Å². The first kappa shape index (κ1) is 27.9. The lowest BCUT2D eigenvalue weighted by molar-refractivity contribution is -0.139. The summed E-state index contributed by atoms with van der Waals surface area (Å²) in [5.74, 6) is -0.821. The summed E-state index contributed by atoms with van der Waals surface area (Å²) in [4.78, 5) is 24.9. The number of hydrogen-bond donors (Lipinski definition) is 3. The van der Waals surface area contributed by atoms with Crippen molar-refractivity contribution in [3.63, 3.8) is 0 Å². The smallest absolute Gasteiger partial charge is 0.326 e. The van der Waals surface area contributed by atoms with Crippen molar-refractivity contribution in [3.8, 4) is 11.1 Å². The van der Waals surface area contributed by atoms with Gasteiger partial charge in [0, 0.05) is 16.5 Å². The van der Waals surface area contributed by atoms with Crippen molar-refractivity contribution in [1.29, 1.82) is 0 Å². The van der Waals surface area contributed by atoms with Crippen molar-refractivity contribution in [2.75, 3.05) is 12.0 Å². The molecule has 6 nitrogen and oxygen atoms in total. The molecular formula is C28H31BrN2O4S. The van der Waals surface area contributed by atoms with Gasteiger partial charge >= 0.3 is 5.97 Å². The molecule has 8 heteroatoms. The first-order valence-corrected chi connectivity index (χ1v) is 13.8. The molecule has 2 atom stereocenters. The van der Waals surface area contributed by atoms with Crippen LogP contribution in [0.1, 0.15) is 33.5 Å². The monoisotopic (exact) mass is 570 g/mol. The second-order valence-corrected chi connectivity index (χ2v) is 10.4. The molecule has 0 aliphatic carbocycles. The van der Waals surface area contributed by atoms with Crippen molar-refractivity contribution in [2.24, 2.45) is 5.73 Å². The molecule has 0 heterocycles. The molecular weight excluding hydrogens is 540 g/mol. The molecule has 0 aliphatic heterocycles. The van der Waals surface area contributed by atoms with E-state index in [1.54, 1.807) is 17.8 Å². The third-order valence-corrected chi connectivity index (χ3v) is 6.91. The van der Waals surface area contributed by atoms with E-state index in [0.29, 0.717) is 24.2 Å². The largest absolute Gasteiger partial charge is 0.480 e. The number of amides is 1. The fraction of sp³-hybridized carbons (Fsp3) is 0.286. The van der Waals surface area contributed by atoms with E-state index in [2.05, 4.69) is 21.2 Å². The number of aryl methyl sites for hydroxylation is 1. The number of rotatable bonds is 12. The molecule has 4 N–H and O–H groups in total. The molecule has 1 amide bonds. The lowest BCUT2D eigenvalue weighted by Crippen LogP contribution is -2.41. The topological polar surface area (TPSA) is 102 Å². The van der Waals surface area contributed by atoms with Gasteiger partial charge in [-0.05, 0) is 77.4 Å². The number of hydrogen-bond acceptors (Lipinski definition) is 5. The fourth-order valence-electron chi connectivity index (χ4n) is 3.86. The number of benzene rings is 3. The molecule has 0 saturated carbocycles. The fourth-order valence-corrected chi connectivity index (χ4v) is 4.78. The summed E-state index contributed by atoms with van der Waals surface area (Å²) in [6, 6.07) is 20.2. The summed E-state index contributed by atoms with van der Waals surface area (Å²) in [7, 11) is 0. The van der Waals surface area contributed by atoms with Crippen LogP contribution in [0.15, 0.2) is 71.2 Å². The molecule has 3 rings (SSSR count). The first-order chi connectivity index (χ1) is 17.3. The zero-order chi connectivity index (χ0) is 26.1. The Balaban J connectivity index is 1.82. The number of carboxylic acids is 1. The van der Waals surface area contributed by atoms with E-state index in [-0.39, 0.29) is 6.61 Å². The third-order valence-electron chi connectivity index (χ3n) is 5.77. The zero-order valence-electron chi connectivity index (χ0n) is 20.4. The van der Waals surface area contributed by atoms with E-state index >= 15 is 0 Å². The highest BCUT2D eigenvalue weighted by Gasteiger charge is 2.23. The maximum atomic E-state index is 13.2. The lowest BCUT2D eigenvalue weighted by Gasteiger charge is -2.18. The standard InChI is InChI=1S/C28H31BrN2O4S/c1-18-6-3-4-9-22(18)24-15-20(17-35-26(30)16-19-7-5-8-21(29)14-19)10-11-23(24)27(32)31-25(28(33)34)12-13-36-2/h3-11,14-15,25-26H,12-13,16-17,30H2,1-2H3,(H,31,32)(H,33,34). The van der Waals surface area contributed by atoms with Gasteiger partial charge in [0.1, 0.15) is 12.3 Å². The molecule has 0 fully saturated rings. The Bertz CT molecular complexity index is 1200. The Hall–Kier alpha value is -2.65. The average molecular weight is 572 g/mol. The number of nitrogens with one attached hydrogen (secondary N) is 1. The van der Waals surface area contributed by atoms with Crippen LogP contribution < -0.4 is 11.1 Å². The van der Waals surface area contributed by atoms with Crippen LogP contribution in [-0.2, 0) is 22.6 Å². The minimum Gasteiger partial charge on any atom is -0.480 e. The minimum absolute atomic E-state index is 0.279.